The van der Waals surface area contributed by atoms with E-state index in [1.165, 1.54) is 36.7 Å². The van der Waals surface area contributed by atoms with Crippen molar-refractivity contribution in [3.8, 4) is 11.1 Å². The Morgan fingerprint density at radius 2 is 1.30 bits per heavy atom. The van der Waals surface area contributed by atoms with Crippen molar-refractivity contribution in [2.45, 2.75) is 0 Å². The molecule has 0 fully saturated rings. The van der Waals surface area contributed by atoms with E-state index in [-0.39, 0.29) is 0 Å². The van der Waals surface area contributed by atoms with Gasteiger partial charge in [0.05, 0.1) is 10.4 Å². The lowest BCUT2D eigenvalue weighted by Gasteiger charge is -2.26. The summed E-state index contributed by atoms with van der Waals surface area (Å²) in [6.45, 7) is 0. The number of rotatable bonds is 4. The predicted molar refractivity (Wildman–Crippen MR) is 182 cm³/mol. The molecule has 9 rings (SSSR count). The van der Waals surface area contributed by atoms with E-state index in [0.29, 0.717) is 0 Å². The molecule has 6 aromatic carbocycles. The van der Waals surface area contributed by atoms with Crippen molar-refractivity contribution in [2.24, 2.45) is 0 Å². The molecule has 0 saturated carbocycles. The zero-order valence-electron chi connectivity index (χ0n) is 23.1. The molecule has 0 amide bonds. The highest BCUT2D eigenvalue weighted by Gasteiger charge is 2.20. The van der Waals surface area contributed by atoms with Crippen LogP contribution in [0.25, 0.3) is 64.0 Å². The third-order valence-electron chi connectivity index (χ3n) is 8.33. The third kappa shape index (κ3) is 3.92. The lowest BCUT2D eigenvalue weighted by Crippen LogP contribution is -2.10. The first kappa shape index (κ1) is 24.2. The molecule has 0 aliphatic carbocycles. The van der Waals surface area contributed by atoms with E-state index >= 15 is 0 Å². The summed E-state index contributed by atoms with van der Waals surface area (Å²) in [7, 11) is 0. The second-order valence-corrected chi connectivity index (χ2v) is 11.9. The van der Waals surface area contributed by atoms with Crippen LogP contribution in [0.4, 0.5) is 17.1 Å². The molecule has 3 aromatic heterocycles. The van der Waals surface area contributed by atoms with Crippen molar-refractivity contribution in [1.82, 2.24) is 4.98 Å². The zero-order chi connectivity index (χ0) is 28.3. The fourth-order valence-electron chi connectivity index (χ4n) is 6.25. The van der Waals surface area contributed by atoms with E-state index in [1.807, 2.05) is 35.9 Å². The molecule has 0 bridgehead atoms. The van der Waals surface area contributed by atoms with Crippen LogP contribution in [0.3, 0.4) is 0 Å². The van der Waals surface area contributed by atoms with Gasteiger partial charge in [-0.15, -0.1) is 11.3 Å². The molecule has 0 N–H and O–H groups in total. The highest BCUT2D eigenvalue weighted by atomic mass is 32.1. The van der Waals surface area contributed by atoms with Crippen LogP contribution in [0.1, 0.15) is 0 Å². The maximum atomic E-state index is 6.19. The smallest absolute Gasteiger partial charge is 0.135 e. The van der Waals surface area contributed by atoms with Gasteiger partial charge < -0.3 is 9.32 Å². The van der Waals surface area contributed by atoms with Gasteiger partial charge in [0.1, 0.15) is 11.2 Å². The minimum absolute atomic E-state index is 0.893. The van der Waals surface area contributed by atoms with Crippen molar-refractivity contribution in [1.29, 1.82) is 0 Å². The van der Waals surface area contributed by atoms with Gasteiger partial charge in [0.2, 0.25) is 0 Å². The van der Waals surface area contributed by atoms with E-state index in [1.54, 1.807) is 0 Å². The first-order valence-electron chi connectivity index (χ1n) is 14.4. The Kier molecular flexibility index (Phi) is 5.37. The van der Waals surface area contributed by atoms with Crippen LogP contribution in [-0.2, 0) is 0 Å². The molecular formula is C39H24N2OS. The molecule has 4 heteroatoms. The largest absolute Gasteiger partial charge is 0.456 e. The number of thiophene rings is 1. The lowest BCUT2D eigenvalue weighted by atomic mass is 10.0. The molecule has 0 unspecified atom stereocenters. The minimum atomic E-state index is 0.893. The molecule has 202 valence electrons. The van der Waals surface area contributed by atoms with Crippen molar-refractivity contribution in [2.75, 3.05) is 4.90 Å². The standard InChI is InChI=1S/C39H24N2OS/c1-2-7-25(8-3-1)26-13-15-29(16-14-26)41(30-17-18-37-33(23-30)31-9-4-5-12-36(31)42-37)35-11-6-10-32-34-21-27-19-20-40-24-28(27)22-38(34)43-39(32)35/h1-24H. The van der Waals surface area contributed by atoms with E-state index < -0.39 is 0 Å². The number of hydrogen-bond donors (Lipinski definition) is 0. The molecule has 0 saturated heterocycles. The highest BCUT2D eigenvalue weighted by Crippen LogP contribution is 2.46. The van der Waals surface area contributed by atoms with Crippen LogP contribution in [0.2, 0.25) is 0 Å². The van der Waals surface area contributed by atoms with Crippen molar-refractivity contribution >= 4 is 81.3 Å². The third-order valence-corrected chi connectivity index (χ3v) is 9.52. The van der Waals surface area contributed by atoms with Gasteiger partial charge in [-0.05, 0) is 77.2 Å². The van der Waals surface area contributed by atoms with Crippen LogP contribution < -0.4 is 4.90 Å². The number of para-hydroxylation sites is 1. The Hall–Kier alpha value is -5.45. The topological polar surface area (TPSA) is 29.3 Å². The first-order valence-corrected chi connectivity index (χ1v) is 15.2. The van der Waals surface area contributed by atoms with Crippen LogP contribution in [0.5, 0.6) is 0 Å². The number of aromatic nitrogens is 1. The Balaban J connectivity index is 1.29. The number of furan rings is 1. The predicted octanol–water partition coefficient (Wildman–Crippen LogP) is 11.6. The molecule has 3 heterocycles. The van der Waals surface area contributed by atoms with Crippen LogP contribution >= 0.6 is 11.3 Å². The van der Waals surface area contributed by atoms with Crippen LogP contribution in [0.15, 0.2) is 150 Å². The fraction of sp³-hybridized carbons (Fsp3) is 0. The van der Waals surface area contributed by atoms with Crippen molar-refractivity contribution in [3.05, 3.63) is 146 Å². The SMILES string of the molecule is c1ccc(-c2ccc(N(c3ccc4oc5ccccc5c4c3)c3cccc4c3sc3cc5cnccc5cc34)cc2)cc1. The normalized spacial score (nSPS) is 11.7. The minimum Gasteiger partial charge on any atom is -0.456 e. The molecule has 0 radical (unpaired) electrons. The van der Waals surface area contributed by atoms with E-state index in [2.05, 4.69) is 131 Å². The maximum absolute atomic E-state index is 6.19. The highest BCUT2D eigenvalue weighted by molar-refractivity contribution is 7.26. The van der Waals surface area contributed by atoms with Gasteiger partial charge in [-0.1, -0.05) is 72.8 Å². The number of pyridine rings is 1. The number of fused-ring (bicyclic) bond motifs is 7. The number of hydrogen-bond acceptors (Lipinski definition) is 4. The Morgan fingerprint density at radius 1 is 0.535 bits per heavy atom. The van der Waals surface area contributed by atoms with Gasteiger partial charge in [0.15, 0.2) is 0 Å². The number of nitrogens with zero attached hydrogens (tertiary/aromatic N) is 2. The molecule has 0 aliphatic rings. The lowest BCUT2D eigenvalue weighted by molar-refractivity contribution is 0.669. The maximum Gasteiger partial charge on any atom is 0.135 e. The summed E-state index contributed by atoms with van der Waals surface area (Å²) >= 11 is 1.84. The first-order chi connectivity index (χ1) is 21.3. The quantitative estimate of drug-likeness (QED) is 0.211. The monoisotopic (exact) mass is 568 g/mol. The average molecular weight is 569 g/mol. The molecule has 9 aromatic rings. The zero-order valence-corrected chi connectivity index (χ0v) is 23.9. The fourth-order valence-corrected chi connectivity index (χ4v) is 7.49. The summed E-state index contributed by atoms with van der Waals surface area (Å²) in [5, 5.41) is 7.14. The molecule has 0 atom stereocenters. The summed E-state index contributed by atoms with van der Waals surface area (Å²) in [4.78, 5) is 6.74. The molecule has 0 aliphatic heterocycles. The number of anilines is 3. The van der Waals surface area contributed by atoms with E-state index in [0.717, 1.165) is 44.4 Å². The van der Waals surface area contributed by atoms with Crippen LogP contribution in [-0.4, -0.2) is 4.98 Å². The van der Waals surface area contributed by atoms with Gasteiger partial charge in [-0.2, -0.15) is 0 Å². The summed E-state index contributed by atoms with van der Waals surface area (Å²) in [6, 6.07) is 47.5. The Morgan fingerprint density at radius 3 is 2.21 bits per heavy atom. The second kappa shape index (κ2) is 9.55. The van der Waals surface area contributed by atoms with Gasteiger partial charge in [0.25, 0.3) is 0 Å². The van der Waals surface area contributed by atoms with Crippen molar-refractivity contribution < 1.29 is 4.42 Å². The van der Waals surface area contributed by atoms with Crippen LogP contribution in [0, 0.1) is 0 Å². The molecule has 3 nitrogen and oxygen atoms in total. The second-order valence-electron chi connectivity index (χ2n) is 10.9. The van der Waals surface area contributed by atoms with Gasteiger partial charge >= 0.3 is 0 Å². The molecule has 43 heavy (non-hydrogen) atoms. The van der Waals surface area contributed by atoms with Crippen molar-refractivity contribution in [3.63, 3.8) is 0 Å². The Bertz CT molecular complexity index is 2460. The van der Waals surface area contributed by atoms with E-state index in [4.69, 9.17) is 4.42 Å². The van der Waals surface area contributed by atoms with E-state index in [9.17, 15) is 0 Å². The summed E-state index contributed by atoms with van der Waals surface area (Å²) < 4.78 is 8.71. The van der Waals surface area contributed by atoms with Gasteiger partial charge in [0, 0.05) is 55.4 Å². The molecule has 0 spiro atoms. The van der Waals surface area contributed by atoms with Gasteiger partial charge in [-0.3, -0.25) is 4.98 Å². The molecular weight excluding hydrogens is 545 g/mol. The Labute approximate surface area is 251 Å². The summed E-state index contributed by atoms with van der Waals surface area (Å²) in [5.41, 5.74) is 7.55. The van der Waals surface area contributed by atoms with Gasteiger partial charge in [-0.25, -0.2) is 0 Å². The summed E-state index contributed by atoms with van der Waals surface area (Å²) in [6.07, 6.45) is 3.82. The average Bonchev–Trinajstić information content (AvgIpc) is 3.62. The summed E-state index contributed by atoms with van der Waals surface area (Å²) in [5.74, 6) is 0. The number of benzene rings is 6.